The minimum absolute atomic E-state index is 0.0816. The number of carboxylic acids is 1. The Balaban J connectivity index is 1.56. The Morgan fingerprint density at radius 2 is 2.00 bits per heavy atom. The molecule has 4 nitrogen and oxygen atoms in total. The van der Waals surface area contributed by atoms with Gasteiger partial charge in [-0.2, -0.15) is 13.2 Å². The van der Waals surface area contributed by atoms with Crippen molar-refractivity contribution in [3.63, 3.8) is 0 Å². The van der Waals surface area contributed by atoms with Crippen molar-refractivity contribution in [2.24, 2.45) is 5.41 Å². The molecule has 136 valence electrons. The highest BCUT2D eigenvalue weighted by Gasteiger charge is 2.73. The van der Waals surface area contributed by atoms with Crippen LogP contribution in [0.15, 0.2) is 36.4 Å². The molecule has 0 radical (unpaired) electrons. The summed E-state index contributed by atoms with van der Waals surface area (Å²) in [4.78, 5) is 11.4. The van der Waals surface area contributed by atoms with E-state index in [4.69, 9.17) is 21.1 Å². The first-order valence-corrected chi connectivity index (χ1v) is 8.09. The zero-order valence-electron chi connectivity index (χ0n) is 13.3. The molecule has 0 amide bonds. The van der Waals surface area contributed by atoms with Crippen LogP contribution in [0.4, 0.5) is 13.2 Å². The van der Waals surface area contributed by atoms with Gasteiger partial charge in [0.1, 0.15) is 28.8 Å². The maximum Gasteiger partial charge on any atom is 0.416 e. The van der Waals surface area contributed by atoms with Crippen molar-refractivity contribution < 1.29 is 32.5 Å². The summed E-state index contributed by atoms with van der Waals surface area (Å²) in [6.45, 7) is 1.64. The fourth-order valence-corrected chi connectivity index (χ4v) is 3.58. The van der Waals surface area contributed by atoms with E-state index in [9.17, 15) is 23.1 Å². The number of hydrogen-bond donors (Lipinski definition) is 1. The number of fused-ring (bicyclic) bond motifs is 3. The minimum Gasteiger partial charge on any atom is -0.488 e. The van der Waals surface area contributed by atoms with Crippen LogP contribution in [0.2, 0.25) is 5.02 Å². The molecular formula is C18H12ClF3O4. The van der Waals surface area contributed by atoms with E-state index in [1.165, 1.54) is 0 Å². The van der Waals surface area contributed by atoms with Crippen molar-refractivity contribution in [2.45, 2.75) is 25.1 Å². The molecule has 8 heteroatoms. The van der Waals surface area contributed by atoms with Gasteiger partial charge >= 0.3 is 12.1 Å². The molecule has 3 atom stereocenters. The molecule has 26 heavy (non-hydrogen) atoms. The fourth-order valence-electron chi connectivity index (χ4n) is 3.37. The van der Waals surface area contributed by atoms with Crippen molar-refractivity contribution in [3.8, 4) is 17.2 Å². The van der Waals surface area contributed by atoms with Gasteiger partial charge < -0.3 is 14.6 Å². The largest absolute Gasteiger partial charge is 0.488 e. The molecule has 2 aromatic carbocycles. The Hall–Kier alpha value is -2.41. The van der Waals surface area contributed by atoms with Gasteiger partial charge in [0.05, 0.1) is 10.6 Å². The second kappa shape index (κ2) is 5.30. The van der Waals surface area contributed by atoms with Gasteiger partial charge in [-0.3, -0.25) is 4.79 Å². The number of hydrogen-bond acceptors (Lipinski definition) is 3. The fraction of sp³-hybridized carbons (Fsp3) is 0.278. The standard InChI is InChI=1S/C18H12ClF3O4/c1-17(16(23)24)14-10-4-3-9(7-13(10)26-15(14)17)25-12-5-2-8(6-11(12)19)18(20,21)22/h2-7,14-15H,1H3,(H,23,24)/t14-,15+,17+/m0/s1. The molecule has 1 aliphatic heterocycles. The van der Waals surface area contributed by atoms with Crippen LogP contribution in [0.1, 0.15) is 24.0 Å². The first-order chi connectivity index (χ1) is 12.1. The number of rotatable bonds is 3. The smallest absolute Gasteiger partial charge is 0.416 e. The summed E-state index contributed by atoms with van der Waals surface area (Å²) in [7, 11) is 0. The second-order valence-electron chi connectivity index (χ2n) is 6.55. The second-order valence-corrected chi connectivity index (χ2v) is 6.96. The highest BCUT2D eigenvalue weighted by Crippen LogP contribution is 2.67. The summed E-state index contributed by atoms with van der Waals surface area (Å²) in [5.41, 5.74) is -1.00. The van der Waals surface area contributed by atoms with Crippen LogP contribution in [-0.2, 0) is 11.0 Å². The third-order valence-electron chi connectivity index (χ3n) is 4.95. The van der Waals surface area contributed by atoms with Gasteiger partial charge in [-0.1, -0.05) is 17.7 Å². The Bertz CT molecular complexity index is 927. The maximum absolute atomic E-state index is 12.7. The van der Waals surface area contributed by atoms with Crippen LogP contribution in [0.5, 0.6) is 17.2 Å². The summed E-state index contributed by atoms with van der Waals surface area (Å²) >= 11 is 5.88. The predicted octanol–water partition coefficient (Wildman–Crippen LogP) is 5.10. The van der Waals surface area contributed by atoms with Gasteiger partial charge in [0.15, 0.2) is 0 Å². The van der Waals surface area contributed by atoms with E-state index in [1.54, 1.807) is 25.1 Å². The lowest BCUT2D eigenvalue weighted by Gasteiger charge is -2.15. The lowest BCUT2D eigenvalue weighted by atomic mass is 10.00. The number of aliphatic carboxylic acids is 1. The summed E-state index contributed by atoms with van der Waals surface area (Å²) in [5, 5.41) is 9.14. The highest BCUT2D eigenvalue weighted by atomic mass is 35.5. The van der Waals surface area contributed by atoms with Crippen LogP contribution < -0.4 is 9.47 Å². The molecule has 1 fully saturated rings. The van der Waals surface area contributed by atoms with Crippen LogP contribution in [0.25, 0.3) is 0 Å². The molecule has 2 aromatic rings. The minimum atomic E-state index is -4.48. The van der Waals surface area contributed by atoms with Gasteiger partial charge in [0.2, 0.25) is 0 Å². The number of carboxylic acid groups (broad SMARTS) is 1. The molecule has 1 heterocycles. The lowest BCUT2D eigenvalue weighted by molar-refractivity contribution is -0.144. The van der Waals surface area contributed by atoms with E-state index < -0.39 is 29.2 Å². The molecule has 0 bridgehead atoms. The molecule has 1 aliphatic carbocycles. The molecule has 4 rings (SSSR count). The average molecular weight is 385 g/mol. The van der Waals surface area contributed by atoms with Crippen LogP contribution in [0, 0.1) is 5.41 Å². The van der Waals surface area contributed by atoms with E-state index in [0.717, 1.165) is 23.8 Å². The summed E-state index contributed by atoms with van der Waals surface area (Å²) in [6, 6.07) is 7.74. The molecule has 0 spiro atoms. The number of carbonyl (C=O) groups is 1. The van der Waals surface area contributed by atoms with Crippen molar-refractivity contribution in [3.05, 3.63) is 52.5 Å². The molecule has 1 saturated carbocycles. The highest BCUT2D eigenvalue weighted by molar-refractivity contribution is 6.32. The third-order valence-corrected chi connectivity index (χ3v) is 5.25. The van der Waals surface area contributed by atoms with Crippen molar-refractivity contribution in [2.75, 3.05) is 0 Å². The number of ether oxygens (including phenoxy) is 2. The number of alkyl halides is 3. The van der Waals surface area contributed by atoms with E-state index in [1.807, 2.05) is 0 Å². The van der Waals surface area contributed by atoms with Gasteiger partial charge in [0, 0.05) is 17.5 Å². The van der Waals surface area contributed by atoms with E-state index in [-0.39, 0.29) is 16.7 Å². The van der Waals surface area contributed by atoms with E-state index >= 15 is 0 Å². The quantitative estimate of drug-likeness (QED) is 0.799. The maximum atomic E-state index is 12.7. The van der Waals surface area contributed by atoms with Gasteiger partial charge in [0.25, 0.3) is 0 Å². The number of halogens is 4. The first-order valence-electron chi connectivity index (χ1n) is 7.71. The molecule has 1 N–H and O–H groups in total. The lowest BCUT2D eigenvalue weighted by Crippen LogP contribution is -2.20. The van der Waals surface area contributed by atoms with Crippen LogP contribution in [0.3, 0.4) is 0 Å². The zero-order chi connectivity index (χ0) is 18.9. The predicted molar refractivity (Wildman–Crippen MR) is 85.9 cm³/mol. The monoisotopic (exact) mass is 384 g/mol. The Labute approximate surface area is 151 Å². The summed E-state index contributed by atoms with van der Waals surface area (Å²) in [5.74, 6) is -0.185. The van der Waals surface area contributed by atoms with E-state index in [2.05, 4.69) is 0 Å². The molecule has 0 aromatic heterocycles. The van der Waals surface area contributed by atoms with Crippen LogP contribution >= 0.6 is 11.6 Å². The van der Waals surface area contributed by atoms with Crippen molar-refractivity contribution >= 4 is 17.6 Å². The average Bonchev–Trinajstić information content (AvgIpc) is 2.97. The molecule has 0 saturated heterocycles. The van der Waals surface area contributed by atoms with Gasteiger partial charge in [-0.05, 0) is 31.2 Å². The molecule has 0 unspecified atom stereocenters. The summed E-state index contributed by atoms with van der Waals surface area (Å²) < 4.78 is 49.3. The third kappa shape index (κ3) is 2.41. The van der Waals surface area contributed by atoms with E-state index in [0.29, 0.717) is 11.5 Å². The Kier molecular flexibility index (Phi) is 3.47. The molecule has 2 aliphatic rings. The van der Waals surface area contributed by atoms with Gasteiger partial charge in [-0.15, -0.1) is 0 Å². The number of benzene rings is 2. The zero-order valence-corrected chi connectivity index (χ0v) is 14.1. The normalized spacial score (nSPS) is 25.9. The van der Waals surface area contributed by atoms with Crippen molar-refractivity contribution in [1.82, 2.24) is 0 Å². The van der Waals surface area contributed by atoms with Crippen LogP contribution in [-0.4, -0.2) is 17.2 Å². The molecular weight excluding hydrogens is 373 g/mol. The SMILES string of the molecule is C[C@]1(C(=O)O)[C@@H]2Oc3cc(Oc4ccc(C(F)(F)F)cc4Cl)ccc3[C@@H]21. The Morgan fingerprint density at radius 1 is 1.27 bits per heavy atom. The van der Waals surface area contributed by atoms with Gasteiger partial charge in [-0.25, -0.2) is 0 Å². The first kappa shape index (κ1) is 17.0. The Morgan fingerprint density at radius 3 is 2.62 bits per heavy atom. The summed E-state index contributed by atoms with van der Waals surface area (Å²) in [6.07, 6.45) is -4.90. The topological polar surface area (TPSA) is 55.8 Å². The van der Waals surface area contributed by atoms with Crippen molar-refractivity contribution in [1.29, 1.82) is 0 Å².